The highest BCUT2D eigenvalue weighted by Crippen LogP contribution is 2.36. The maximum absolute atomic E-state index is 13.1. The number of hydrogen-bond donors (Lipinski definition) is 2. The molecule has 0 bridgehead atoms. The quantitative estimate of drug-likeness (QED) is 0.846. The zero-order chi connectivity index (χ0) is 13.3. The number of carboxylic acid groups (broad SMARTS) is 2. The van der Waals surface area contributed by atoms with Gasteiger partial charge >= 0.3 is 12.1 Å². The Morgan fingerprint density at radius 3 is 2.56 bits per heavy atom. The average Bonchev–Trinajstić information content (AvgIpc) is 2.73. The van der Waals surface area contributed by atoms with Gasteiger partial charge in [-0.1, -0.05) is 12.1 Å². The molecule has 96 valence electrons. The van der Waals surface area contributed by atoms with Crippen LogP contribution in [0, 0.1) is 5.82 Å². The molecule has 0 aromatic heterocycles. The Labute approximate surface area is 102 Å². The summed E-state index contributed by atoms with van der Waals surface area (Å²) < 4.78 is 13.1. The molecule has 5 nitrogen and oxygen atoms in total. The van der Waals surface area contributed by atoms with Crippen molar-refractivity contribution in [1.29, 1.82) is 0 Å². The monoisotopic (exact) mass is 253 g/mol. The number of likely N-dealkylation sites (tertiary alicyclic amines) is 1. The third kappa shape index (κ3) is 2.13. The van der Waals surface area contributed by atoms with Crippen molar-refractivity contribution in [2.75, 3.05) is 0 Å². The fraction of sp³-hybridized carbons (Fsp3) is 0.333. The summed E-state index contributed by atoms with van der Waals surface area (Å²) in [5.41, 5.74) is 0.487. The Morgan fingerprint density at radius 2 is 2.00 bits per heavy atom. The summed E-state index contributed by atoms with van der Waals surface area (Å²) in [7, 11) is 0. The molecule has 6 heteroatoms. The molecule has 0 radical (unpaired) electrons. The fourth-order valence-corrected chi connectivity index (χ4v) is 2.36. The molecule has 1 aliphatic heterocycles. The van der Waals surface area contributed by atoms with Gasteiger partial charge in [0.2, 0.25) is 0 Å². The Kier molecular flexibility index (Phi) is 3.18. The third-order valence-corrected chi connectivity index (χ3v) is 3.12. The number of aliphatic carboxylic acids is 1. The van der Waals surface area contributed by atoms with Crippen LogP contribution in [0.5, 0.6) is 0 Å². The van der Waals surface area contributed by atoms with Crippen molar-refractivity contribution in [2.45, 2.75) is 24.9 Å². The molecule has 1 amide bonds. The van der Waals surface area contributed by atoms with Crippen LogP contribution in [-0.4, -0.2) is 33.2 Å². The van der Waals surface area contributed by atoms with Crippen molar-refractivity contribution in [1.82, 2.24) is 4.90 Å². The Morgan fingerprint density at radius 1 is 1.28 bits per heavy atom. The van der Waals surface area contributed by atoms with Crippen molar-refractivity contribution in [2.24, 2.45) is 0 Å². The first-order chi connectivity index (χ1) is 8.50. The molecule has 1 aromatic rings. The molecule has 0 aliphatic carbocycles. The molecule has 1 aliphatic rings. The predicted octanol–water partition coefficient (Wildman–Crippen LogP) is 2.09. The second-order valence-electron chi connectivity index (χ2n) is 4.19. The minimum Gasteiger partial charge on any atom is -0.480 e. The van der Waals surface area contributed by atoms with Crippen LogP contribution in [0.25, 0.3) is 0 Å². The van der Waals surface area contributed by atoms with Crippen LogP contribution in [0.4, 0.5) is 9.18 Å². The summed E-state index contributed by atoms with van der Waals surface area (Å²) in [6, 6.07) is 3.94. The van der Waals surface area contributed by atoms with E-state index in [0.29, 0.717) is 12.0 Å². The van der Waals surface area contributed by atoms with E-state index in [1.54, 1.807) is 6.07 Å². The SMILES string of the molecule is O=C(O)[C@H]1CC[C@@H](c2cccc(F)c2)N1C(=O)O. The zero-order valence-corrected chi connectivity index (χ0v) is 9.41. The molecule has 2 rings (SSSR count). The van der Waals surface area contributed by atoms with Gasteiger partial charge in [0.15, 0.2) is 0 Å². The summed E-state index contributed by atoms with van der Waals surface area (Å²) in [6.07, 6.45) is -0.677. The lowest BCUT2D eigenvalue weighted by Crippen LogP contribution is -2.40. The summed E-state index contributed by atoms with van der Waals surface area (Å²) in [4.78, 5) is 23.0. The van der Waals surface area contributed by atoms with Crippen LogP contribution >= 0.6 is 0 Å². The highest BCUT2D eigenvalue weighted by atomic mass is 19.1. The Hall–Kier alpha value is -2.11. The van der Waals surface area contributed by atoms with E-state index in [9.17, 15) is 14.0 Å². The van der Waals surface area contributed by atoms with Gasteiger partial charge < -0.3 is 10.2 Å². The van der Waals surface area contributed by atoms with Gasteiger partial charge in [0.05, 0.1) is 6.04 Å². The van der Waals surface area contributed by atoms with E-state index in [-0.39, 0.29) is 6.42 Å². The molecule has 0 spiro atoms. The van der Waals surface area contributed by atoms with Gasteiger partial charge in [-0.15, -0.1) is 0 Å². The van der Waals surface area contributed by atoms with Crippen LogP contribution in [0.1, 0.15) is 24.4 Å². The van der Waals surface area contributed by atoms with Crippen molar-refractivity contribution in [3.8, 4) is 0 Å². The lowest BCUT2D eigenvalue weighted by Gasteiger charge is -2.25. The van der Waals surface area contributed by atoms with Gasteiger partial charge in [-0.05, 0) is 30.5 Å². The van der Waals surface area contributed by atoms with E-state index in [4.69, 9.17) is 10.2 Å². The second kappa shape index (κ2) is 4.64. The molecule has 18 heavy (non-hydrogen) atoms. The highest BCUT2D eigenvalue weighted by Gasteiger charge is 2.41. The molecule has 1 fully saturated rings. The van der Waals surface area contributed by atoms with E-state index in [2.05, 4.69) is 0 Å². The number of amides is 1. The van der Waals surface area contributed by atoms with Gasteiger partial charge in [0, 0.05) is 0 Å². The fourth-order valence-electron chi connectivity index (χ4n) is 2.36. The first kappa shape index (κ1) is 12.3. The predicted molar refractivity (Wildman–Crippen MR) is 59.7 cm³/mol. The summed E-state index contributed by atoms with van der Waals surface area (Å²) in [5.74, 6) is -1.63. The van der Waals surface area contributed by atoms with Gasteiger partial charge in [0.1, 0.15) is 11.9 Å². The van der Waals surface area contributed by atoms with E-state index in [1.807, 2.05) is 0 Å². The van der Waals surface area contributed by atoms with Gasteiger partial charge in [-0.3, -0.25) is 4.90 Å². The minimum atomic E-state index is -1.30. The molecule has 1 saturated heterocycles. The lowest BCUT2D eigenvalue weighted by atomic mass is 10.0. The zero-order valence-electron chi connectivity index (χ0n) is 9.41. The largest absolute Gasteiger partial charge is 0.480 e. The molecule has 2 atom stereocenters. The van der Waals surface area contributed by atoms with Crippen LogP contribution in [0.15, 0.2) is 24.3 Å². The Balaban J connectivity index is 2.33. The van der Waals surface area contributed by atoms with Crippen molar-refractivity contribution >= 4 is 12.1 Å². The highest BCUT2D eigenvalue weighted by molar-refractivity contribution is 5.80. The molecular formula is C12H12FNO4. The van der Waals surface area contributed by atoms with Gasteiger partial charge in [0.25, 0.3) is 0 Å². The van der Waals surface area contributed by atoms with Gasteiger partial charge in [-0.25, -0.2) is 14.0 Å². The summed E-state index contributed by atoms with van der Waals surface area (Å²) >= 11 is 0. The smallest absolute Gasteiger partial charge is 0.408 e. The molecule has 0 unspecified atom stereocenters. The first-order valence-electron chi connectivity index (χ1n) is 5.50. The standard InChI is InChI=1S/C12H12FNO4/c13-8-3-1-2-7(6-8)9-4-5-10(11(15)16)14(9)12(17)18/h1-3,6,9-10H,4-5H2,(H,15,16)(H,17,18)/t9-,10+/m0/s1. The minimum absolute atomic E-state index is 0.239. The lowest BCUT2D eigenvalue weighted by molar-refractivity contribution is -0.142. The summed E-state index contributed by atoms with van der Waals surface area (Å²) in [6.45, 7) is 0. The van der Waals surface area contributed by atoms with E-state index >= 15 is 0 Å². The Bertz CT molecular complexity index is 491. The molecule has 1 heterocycles. The van der Waals surface area contributed by atoms with Crippen LogP contribution in [0.2, 0.25) is 0 Å². The summed E-state index contributed by atoms with van der Waals surface area (Å²) in [5, 5.41) is 18.1. The van der Waals surface area contributed by atoms with Crippen LogP contribution < -0.4 is 0 Å². The number of benzene rings is 1. The third-order valence-electron chi connectivity index (χ3n) is 3.12. The number of hydrogen-bond acceptors (Lipinski definition) is 2. The van der Waals surface area contributed by atoms with E-state index in [1.165, 1.54) is 18.2 Å². The van der Waals surface area contributed by atoms with Crippen LogP contribution in [0.3, 0.4) is 0 Å². The first-order valence-corrected chi connectivity index (χ1v) is 5.50. The average molecular weight is 253 g/mol. The van der Waals surface area contributed by atoms with Crippen LogP contribution in [-0.2, 0) is 4.79 Å². The number of rotatable bonds is 2. The molecular weight excluding hydrogens is 241 g/mol. The topological polar surface area (TPSA) is 77.8 Å². The number of carbonyl (C=O) groups is 2. The molecule has 1 aromatic carbocycles. The second-order valence-corrected chi connectivity index (χ2v) is 4.19. The van der Waals surface area contributed by atoms with Gasteiger partial charge in [-0.2, -0.15) is 0 Å². The van der Waals surface area contributed by atoms with Crippen molar-refractivity contribution < 1.29 is 24.2 Å². The van der Waals surface area contributed by atoms with Crippen molar-refractivity contribution in [3.63, 3.8) is 0 Å². The number of carboxylic acids is 1. The molecule has 0 saturated carbocycles. The number of nitrogens with zero attached hydrogens (tertiary/aromatic N) is 1. The van der Waals surface area contributed by atoms with E-state index in [0.717, 1.165) is 4.90 Å². The van der Waals surface area contributed by atoms with Crippen molar-refractivity contribution in [3.05, 3.63) is 35.6 Å². The van der Waals surface area contributed by atoms with E-state index < -0.39 is 30.0 Å². The normalized spacial score (nSPS) is 23.1. The molecule has 2 N–H and O–H groups in total. The maximum atomic E-state index is 13.1. The number of halogens is 1. The maximum Gasteiger partial charge on any atom is 0.408 e.